The van der Waals surface area contributed by atoms with Crippen LogP contribution in [0.25, 0.3) is 0 Å². The number of rotatable bonds is 6. The second kappa shape index (κ2) is 10.5. The van der Waals surface area contributed by atoms with Crippen molar-refractivity contribution < 1.29 is 19.1 Å². The molecular formula is C25H30ClIN4O4. The number of fused-ring (bicyclic) bond motifs is 1. The van der Waals surface area contributed by atoms with Crippen molar-refractivity contribution in [2.45, 2.75) is 64.6 Å². The lowest BCUT2D eigenvalue weighted by atomic mass is 9.86. The van der Waals surface area contributed by atoms with E-state index in [-0.39, 0.29) is 36.5 Å². The fourth-order valence-electron chi connectivity index (χ4n) is 4.90. The van der Waals surface area contributed by atoms with E-state index in [1.54, 1.807) is 32.0 Å². The summed E-state index contributed by atoms with van der Waals surface area (Å²) in [6, 6.07) is 6.79. The molecule has 1 unspecified atom stereocenters. The molecular weight excluding hydrogens is 583 g/mol. The van der Waals surface area contributed by atoms with Crippen LogP contribution in [0.1, 0.15) is 66.1 Å². The summed E-state index contributed by atoms with van der Waals surface area (Å²) in [5.41, 5.74) is 0.235. The minimum atomic E-state index is -1.28. The second-order valence-electron chi connectivity index (χ2n) is 9.44. The van der Waals surface area contributed by atoms with Gasteiger partial charge in [-0.2, -0.15) is 5.10 Å². The Bertz CT molecular complexity index is 1140. The van der Waals surface area contributed by atoms with E-state index >= 15 is 0 Å². The number of carbonyl (C=O) groups excluding carboxylic acids is 3. The van der Waals surface area contributed by atoms with Crippen LogP contribution in [0.15, 0.2) is 24.3 Å². The minimum Gasteiger partial charge on any atom is -0.461 e. The van der Waals surface area contributed by atoms with E-state index in [0.29, 0.717) is 22.2 Å². The van der Waals surface area contributed by atoms with E-state index in [0.717, 1.165) is 30.1 Å². The number of nitrogens with zero attached hydrogens (tertiary/aromatic N) is 3. The van der Waals surface area contributed by atoms with E-state index in [2.05, 4.69) is 33.0 Å². The molecule has 1 aliphatic carbocycles. The Balaban J connectivity index is 1.72. The number of aromatic nitrogens is 2. The van der Waals surface area contributed by atoms with Crippen LogP contribution in [0.3, 0.4) is 0 Å². The first-order valence-electron chi connectivity index (χ1n) is 11.9. The number of nitrogens with one attached hydrogen (secondary N) is 1. The third kappa shape index (κ3) is 4.94. The molecule has 1 aromatic carbocycles. The lowest BCUT2D eigenvalue weighted by Gasteiger charge is -2.44. The monoisotopic (exact) mass is 612 g/mol. The van der Waals surface area contributed by atoms with Gasteiger partial charge in [-0.25, -0.2) is 4.79 Å². The van der Waals surface area contributed by atoms with E-state index in [1.807, 2.05) is 6.92 Å². The van der Waals surface area contributed by atoms with Gasteiger partial charge < -0.3 is 10.1 Å². The molecule has 1 saturated carbocycles. The summed E-state index contributed by atoms with van der Waals surface area (Å²) in [5, 5.41) is 8.03. The number of amides is 2. The summed E-state index contributed by atoms with van der Waals surface area (Å²) in [4.78, 5) is 41.5. The average Bonchev–Trinajstić information content (AvgIpc) is 3.26. The number of esters is 1. The van der Waals surface area contributed by atoms with Crippen LogP contribution in [0.2, 0.25) is 5.02 Å². The fraction of sp³-hybridized carbons (Fsp3) is 0.520. The Morgan fingerprint density at radius 2 is 2.00 bits per heavy atom. The van der Waals surface area contributed by atoms with Crippen LogP contribution in [0.5, 0.6) is 0 Å². The molecule has 35 heavy (non-hydrogen) atoms. The summed E-state index contributed by atoms with van der Waals surface area (Å²) < 4.78 is 7.63. The molecule has 0 saturated heterocycles. The molecule has 2 aromatic rings. The number of alkyl halides is 1. The molecule has 4 rings (SSSR count). The predicted octanol–water partition coefficient (Wildman–Crippen LogP) is 4.55. The maximum absolute atomic E-state index is 13.9. The first-order chi connectivity index (χ1) is 16.7. The third-order valence-electron chi connectivity index (χ3n) is 7.01. The number of ether oxygens (including phenoxy) is 1. The molecule has 0 radical (unpaired) electrons. The van der Waals surface area contributed by atoms with Gasteiger partial charge in [-0.05, 0) is 70.1 Å². The molecule has 2 heterocycles. The van der Waals surface area contributed by atoms with Crippen molar-refractivity contribution in [2.24, 2.45) is 5.92 Å². The lowest BCUT2D eigenvalue weighted by Crippen LogP contribution is -2.65. The number of hydrogen-bond acceptors (Lipinski definition) is 5. The highest BCUT2D eigenvalue weighted by Gasteiger charge is 2.50. The highest BCUT2D eigenvalue weighted by Crippen LogP contribution is 2.37. The van der Waals surface area contributed by atoms with Gasteiger partial charge in [-0.1, -0.05) is 40.3 Å². The number of benzene rings is 1. The lowest BCUT2D eigenvalue weighted by molar-refractivity contribution is -0.127. The fourth-order valence-corrected chi connectivity index (χ4v) is 5.95. The van der Waals surface area contributed by atoms with Gasteiger partial charge in [0.25, 0.3) is 5.91 Å². The molecule has 0 spiro atoms. The van der Waals surface area contributed by atoms with Gasteiger partial charge in [0.1, 0.15) is 11.2 Å². The Hall–Kier alpha value is -2.14. The van der Waals surface area contributed by atoms with Crippen molar-refractivity contribution in [3.8, 4) is 0 Å². The predicted molar refractivity (Wildman–Crippen MR) is 142 cm³/mol. The molecule has 1 fully saturated rings. The molecule has 1 aromatic heterocycles. The Labute approximate surface area is 223 Å². The van der Waals surface area contributed by atoms with Crippen molar-refractivity contribution in [2.75, 3.05) is 15.9 Å². The largest absolute Gasteiger partial charge is 0.461 e. The van der Waals surface area contributed by atoms with Crippen molar-refractivity contribution >= 4 is 57.7 Å². The Kier molecular flexibility index (Phi) is 7.75. The molecule has 188 valence electrons. The maximum Gasteiger partial charge on any atom is 0.358 e. The first-order valence-corrected chi connectivity index (χ1v) is 13.8. The molecule has 2 aliphatic rings. The zero-order valence-corrected chi connectivity index (χ0v) is 23.1. The Morgan fingerprint density at radius 3 is 2.66 bits per heavy atom. The zero-order chi connectivity index (χ0) is 25.3. The quantitative estimate of drug-likeness (QED) is 0.294. The number of carbonyl (C=O) groups is 3. The van der Waals surface area contributed by atoms with Gasteiger partial charge in [0, 0.05) is 27.2 Å². The van der Waals surface area contributed by atoms with Crippen LogP contribution in [-0.4, -0.2) is 50.2 Å². The molecule has 1 N–H and O–H groups in total. The Morgan fingerprint density at radius 1 is 1.29 bits per heavy atom. The molecule has 10 heteroatoms. The maximum atomic E-state index is 13.9. The van der Waals surface area contributed by atoms with Gasteiger partial charge in [-0.3, -0.25) is 19.2 Å². The first kappa shape index (κ1) is 25.9. The van der Waals surface area contributed by atoms with Crippen LogP contribution >= 0.6 is 34.2 Å². The molecule has 1 atom stereocenters. The van der Waals surface area contributed by atoms with Gasteiger partial charge in [0.05, 0.1) is 13.2 Å². The van der Waals surface area contributed by atoms with Crippen molar-refractivity contribution in [1.29, 1.82) is 0 Å². The summed E-state index contributed by atoms with van der Waals surface area (Å²) in [6.07, 6.45) is 3.99. The van der Waals surface area contributed by atoms with Gasteiger partial charge in [-0.15, -0.1) is 0 Å². The molecule has 8 nitrogen and oxygen atoms in total. The average molecular weight is 613 g/mol. The topological polar surface area (TPSA) is 93.5 Å². The summed E-state index contributed by atoms with van der Waals surface area (Å²) in [7, 11) is 0. The number of hydrogen-bond donors (Lipinski definition) is 1. The van der Waals surface area contributed by atoms with Crippen molar-refractivity contribution in [1.82, 2.24) is 15.1 Å². The van der Waals surface area contributed by atoms with Gasteiger partial charge in [0.15, 0.2) is 5.69 Å². The molecule has 1 aliphatic heterocycles. The summed E-state index contributed by atoms with van der Waals surface area (Å²) in [6.45, 7) is 5.56. The van der Waals surface area contributed by atoms with E-state index in [9.17, 15) is 14.4 Å². The van der Waals surface area contributed by atoms with Crippen LogP contribution in [0, 0.1) is 12.8 Å². The van der Waals surface area contributed by atoms with E-state index in [1.165, 1.54) is 15.6 Å². The summed E-state index contributed by atoms with van der Waals surface area (Å²) in [5.74, 6) is -0.585. The normalized spacial score (nSPS) is 24.1. The van der Waals surface area contributed by atoms with Gasteiger partial charge in [0.2, 0.25) is 5.91 Å². The minimum absolute atomic E-state index is 0.0414. The number of anilines is 1. The second-order valence-corrected chi connectivity index (χ2v) is 10.7. The highest BCUT2D eigenvalue weighted by atomic mass is 127. The smallest absolute Gasteiger partial charge is 0.358 e. The summed E-state index contributed by atoms with van der Waals surface area (Å²) >= 11 is 8.82. The standard InChI is InChI=1S/C25H30ClIN4O4/c1-4-35-23(33)19-12-21-22(32)31(20-7-5-6-18(26)15(20)2)25(3,14-30(21)29-19)24(34)28-17-10-8-16(13-27)9-11-17/h5-7,12,16-17H,4,8-11,13-14H2,1-3H3,(H,28,34). The van der Waals surface area contributed by atoms with Crippen LogP contribution in [0.4, 0.5) is 5.69 Å². The molecule has 0 bridgehead atoms. The van der Waals surface area contributed by atoms with Crippen molar-refractivity contribution in [3.63, 3.8) is 0 Å². The van der Waals surface area contributed by atoms with Crippen molar-refractivity contribution in [3.05, 3.63) is 46.2 Å². The van der Waals surface area contributed by atoms with E-state index < -0.39 is 17.4 Å². The number of halogens is 2. The van der Waals surface area contributed by atoms with Gasteiger partial charge >= 0.3 is 5.97 Å². The SMILES string of the molecule is CCOC(=O)c1cc2n(n1)CC(C)(C(=O)NC1CCC(CI)CC1)N(c1cccc(Cl)c1C)C2=O. The van der Waals surface area contributed by atoms with Crippen LogP contribution in [-0.2, 0) is 16.1 Å². The van der Waals surface area contributed by atoms with Crippen LogP contribution < -0.4 is 10.2 Å². The molecule has 2 amide bonds. The highest BCUT2D eigenvalue weighted by molar-refractivity contribution is 14.1. The zero-order valence-electron chi connectivity index (χ0n) is 20.1. The van der Waals surface area contributed by atoms with E-state index in [4.69, 9.17) is 16.3 Å². The third-order valence-corrected chi connectivity index (χ3v) is 8.66.